The number of amides is 1. The zero-order chi connectivity index (χ0) is 13.9. The molecule has 0 aliphatic heterocycles. The molecule has 1 aromatic carbocycles. The van der Waals surface area contributed by atoms with Crippen LogP contribution in [0.1, 0.15) is 20.3 Å². The van der Waals surface area contributed by atoms with E-state index >= 15 is 0 Å². The molecule has 1 aromatic rings. The highest BCUT2D eigenvalue weighted by Gasteiger charge is 2.31. The molecular formula is C13H16BrNO3. The summed E-state index contributed by atoms with van der Waals surface area (Å²) >= 11 is 3.33. The molecule has 0 bridgehead atoms. The van der Waals surface area contributed by atoms with Crippen LogP contribution in [0.2, 0.25) is 0 Å². The van der Waals surface area contributed by atoms with Gasteiger partial charge in [-0.15, -0.1) is 0 Å². The van der Waals surface area contributed by atoms with Crippen molar-refractivity contribution in [3.05, 3.63) is 28.7 Å². The fourth-order valence-electron chi connectivity index (χ4n) is 1.40. The van der Waals surface area contributed by atoms with Crippen LogP contribution in [0, 0.1) is 5.41 Å². The van der Waals surface area contributed by atoms with E-state index in [4.69, 9.17) is 5.11 Å². The van der Waals surface area contributed by atoms with Crippen molar-refractivity contribution in [3.8, 4) is 0 Å². The topological polar surface area (TPSA) is 57.6 Å². The summed E-state index contributed by atoms with van der Waals surface area (Å²) in [5.41, 5.74) is -0.326. The number of carboxylic acid groups (broad SMARTS) is 1. The summed E-state index contributed by atoms with van der Waals surface area (Å²) < 4.78 is 0.872. The van der Waals surface area contributed by atoms with Crippen LogP contribution >= 0.6 is 15.9 Å². The summed E-state index contributed by atoms with van der Waals surface area (Å²) in [7, 11) is 1.64. The molecule has 0 unspecified atom stereocenters. The second-order valence-corrected chi connectivity index (χ2v) is 5.71. The van der Waals surface area contributed by atoms with E-state index < -0.39 is 11.4 Å². The molecule has 0 heterocycles. The molecule has 0 saturated carbocycles. The number of halogens is 1. The van der Waals surface area contributed by atoms with Gasteiger partial charge in [0.15, 0.2) is 0 Å². The molecule has 1 N–H and O–H groups in total. The molecule has 98 valence electrons. The van der Waals surface area contributed by atoms with Gasteiger partial charge in [-0.25, -0.2) is 0 Å². The zero-order valence-corrected chi connectivity index (χ0v) is 12.2. The highest BCUT2D eigenvalue weighted by atomic mass is 79.9. The van der Waals surface area contributed by atoms with E-state index in [0.717, 1.165) is 10.2 Å². The summed E-state index contributed by atoms with van der Waals surface area (Å²) in [4.78, 5) is 24.5. The number of carbonyl (C=O) groups is 2. The number of carboxylic acids is 1. The number of aliphatic carboxylic acids is 1. The monoisotopic (exact) mass is 313 g/mol. The Labute approximate surface area is 115 Å². The highest BCUT2D eigenvalue weighted by molar-refractivity contribution is 9.10. The third-order valence-corrected chi connectivity index (χ3v) is 3.23. The van der Waals surface area contributed by atoms with Crippen LogP contribution in [0.5, 0.6) is 0 Å². The van der Waals surface area contributed by atoms with Crippen LogP contribution in [0.3, 0.4) is 0 Å². The summed E-state index contributed by atoms with van der Waals surface area (Å²) in [5, 5.41) is 9.01. The van der Waals surface area contributed by atoms with Crippen LogP contribution in [0.15, 0.2) is 28.7 Å². The number of hydrogen-bond acceptors (Lipinski definition) is 2. The van der Waals surface area contributed by atoms with Crippen molar-refractivity contribution >= 4 is 33.5 Å². The van der Waals surface area contributed by atoms with Gasteiger partial charge in [0.25, 0.3) is 0 Å². The molecule has 5 heteroatoms. The summed E-state index contributed by atoms with van der Waals surface area (Å²) in [6.07, 6.45) is -0.0364. The number of hydrogen-bond donors (Lipinski definition) is 1. The maximum Gasteiger partial charge on any atom is 0.309 e. The molecule has 1 rings (SSSR count). The van der Waals surface area contributed by atoms with E-state index in [2.05, 4.69) is 15.9 Å². The van der Waals surface area contributed by atoms with Gasteiger partial charge in [0, 0.05) is 23.6 Å². The summed E-state index contributed by atoms with van der Waals surface area (Å²) in [6.45, 7) is 3.09. The standard InChI is InChI=1S/C13H16BrNO3/c1-13(2,12(17)18)8-11(16)15(3)10-6-4-5-9(14)7-10/h4-7H,8H2,1-3H3,(H,17,18). The van der Waals surface area contributed by atoms with Crippen molar-refractivity contribution in [2.24, 2.45) is 5.41 Å². The van der Waals surface area contributed by atoms with Crippen molar-refractivity contribution in [2.75, 3.05) is 11.9 Å². The van der Waals surface area contributed by atoms with Gasteiger partial charge in [0.2, 0.25) is 5.91 Å². The third kappa shape index (κ3) is 3.57. The van der Waals surface area contributed by atoms with Gasteiger partial charge < -0.3 is 10.0 Å². The second-order valence-electron chi connectivity index (χ2n) is 4.80. The van der Waals surface area contributed by atoms with E-state index in [1.807, 2.05) is 18.2 Å². The maximum absolute atomic E-state index is 12.0. The second kappa shape index (κ2) is 5.52. The minimum Gasteiger partial charge on any atom is -0.481 e. The Morgan fingerprint density at radius 2 is 2.00 bits per heavy atom. The van der Waals surface area contributed by atoms with E-state index in [1.165, 1.54) is 4.90 Å². The Kier molecular flexibility index (Phi) is 4.51. The smallest absolute Gasteiger partial charge is 0.309 e. The lowest BCUT2D eigenvalue weighted by Crippen LogP contribution is -2.34. The number of nitrogens with zero attached hydrogens (tertiary/aromatic N) is 1. The first-order valence-corrected chi connectivity index (χ1v) is 6.29. The van der Waals surface area contributed by atoms with Crippen LogP contribution in [0.25, 0.3) is 0 Å². The predicted octanol–water partition coefficient (Wildman–Crippen LogP) is 2.91. The molecule has 4 nitrogen and oxygen atoms in total. The molecule has 0 saturated heterocycles. The van der Waals surface area contributed by atoms with Gasteiger partial charge in [-0.05, 0) is 32.0 Å². The Morgan fingerprint density at radius 1 is 1.39 bits per heavy atom. The zero-order valence-electron chi connectivity index (χ0n) is 10.6. The average Bonchev–Trinajstić information content (AvgIpc) is 2.27. The van der Waals surface area contributed by atoms with Crippen molar-refractivity contribution in [1.82, 2.24) is 0 Å². The molecule has 0 aliphatic carbocycles. The highest BCUT2D eigenvalue weighted by Crippen LogP contribution is 2.24. The molecule has 0 aliphatic rings. The van der Waals surface area contributed by atoms with Crippen molar-refractivity contribution in [2.45, 2.75) is 20.3 Å². The Bertz CT molecular complexity index is 471. The first-order valence-electron chi connectivity index (χ1n) is 5.49. The van der Waals surface area contributed by atoms with Gasteiger partial charge in [-0.3, -0.25) is 9.59 Å². The molecule has 18 heavy (non-hydrogen) atoms. The molecule has 0 aromatic heterocycles. The van der Waals surface area contributed by atoms with Crippen LogP contribution < -0.4 is 4.90 Å². The minimum absolute atomic E-state index is 0.0364. The SMILES string of the molecule is CN(C(=O)CC(C)(C)C(=O)O)c1cccc(Br)c1. The fraction of sp³-hybridized carbons (Fsp3) is 0.385. The number of benzene rings is 1. The minimum atomic E-state index is -1.06. The van der Waals surface area contributed by atoms with Gasteiger partial charge in [0.1, 0.15) is 0 Å². The summed E-state index contributed by atoms with van der Waals surface area (Å²) in [5.74, 6) is -1.20. The Morgan fingerprint density at radius 3 is 2.50 bits per heavy atom. The lowest BCUT2D eigenvalue weighted by Gasteiger charge is -2.23. The predicted molar refractivity (Wildman–Crippen MR) is 73.6 cm³/mol. The van der Waals surface area contributed by atoms with E-state index in [-0.39, 0.29) is 12.3 Å². The first-order chi connectivity index (χ1) is 8.24. The molecule has 0 fully saturated rings. The fourth-order valence-corrected chi connectivity index (χ4v) is 1.79. The van der Waals surface area contributed by atoms with E-state index in [0.29, 0.717) is 0 Å². The lowest BCUT2D eigenvalue weighted by atomic mass is 9.89. The Hall–Kier alpha value is -1.36. The summed E-state index contributed by atoms with van der Waals surface area (Å²) in [6, 6.07) is 7.30. The van der Waals surface area contributed by atoms with Gasteiger partial charge in [-0.1, -0.05) is 22.0 Å². The maximum atomic E-state index is 12.0. The van der Waals surface area contributed by atoms with Gasteiger partial charge >= 0.3 is 5.97 Å². The third-order valence-electron chi connectivity index (χ3n) is 2.74. The van der Waals surface area contributed by atoms with Crippen molar-refractivity contribution < 1.29 is 14.7 Å². The lowest BCUT2D eigenvalue weighted by molar-refractivity contribution is -0.149. The largest absolute Gasteiger partial charge is 0.481 e. The Balaban J connectivity index is 2.82. The first kappa shape index (κ1) is 14.7. The average molecular weight is 314 g/mol. The molecule has 1 amide bonds. The normalized spacial score (nSPS) is 11.1. The van der Waals surface area contributed by atoms with E-state index in [1.54, 1.807) is 27.0 Å². The van der Waals surface area contributed by atoms with Gasteiger partial charge in [0.05, 0.1) is 5.41 Å². The number of rotatable bonds is 4. The van der Waals surface area contributed by atoms with Crippen molar-refractivity contribution in [1.29, 1.82) is 0 Å². The van der Waals surface area contributed by atoms with Crippen molar-refractivity contribution in [3.63, 3.8) is 0 Å². The molecule has 0 atom stereocenters. The quantitative estimate of drug-likeness (QED) is 0.929. The molecular weight excluding hydrogens is 298 g/mol. The van der Waals surface area contributed by atoms with Crippen LogP contribution in [-0.4, -0.2) is 24.0 Å². The van der Waals surface area contributed by atoms with E-state index in [9.17, 15) is 9.59 Å². The number of anilines is 1. The van der Waals surface area contributed by atoms with Crippen LogP contribution in [-0.2, 0) is 9.59 Å². The molecule has 0 radical (unpaired) electrons. The van der Waals surface area contributed by atoms with Crippen LogP contribution in [0.4, 0.5) is 5.69 Å². The van der Waals surface area contributed by atoms with Gasteiger partial charge in [-0.2, -0.15) is 0 Å². The molecule has 0 spiro atoms. The number of carbonyl (C=O) groups excluding carboxylic acids is 1.